The first-order valence-electron chi connectivity index (χ1n) is 16.6. The van der Waals surface area contributed by atoms with E-state index in [1.807, 2.05) is 63.4 Å². The van der Waals surface area contributed by atoms with Gasteiger partial charge in [0.2, 0.25) is 5.91 Å². The van der Waals surface area contributed by atoms with Crippen molar-refractivity contribution in [2.75, 3.05) is 51.8 Å². The quantitative estimate of drug-likeness (QED) is 0.185. The van der Waals surface area contributed by atoms with Gasteiger partial charge in [0.15, 0.2) is 5.82 Å². The number of amides is 2. The van der Waals surface area contributed by atoms with Crippen molar-refractivity contribution in [3.63, 3.8) is 0 Å². The molecular formula is C37H45FN6O5. The molecule has 1 aliphatic heterocycles. The van der Waals surface area contributed by atoms with E-state index in [0.29, 0.717) is 55.5 Å². The van der Waals surface area contributed by atoms with Gasteiger partial charge in [-0.3, -0.25) is 9.48 Å². The van der Waals surface area contributed by atoms with Crippen LogP contribution in [0.4, 0.5) is 14.9 Å². The van der Waals surface area contributed by atoms with Crippen LogP contribution in [0.3, 0.4) is 0 Å². The van der Waals surface area contributed by atoms with Crippen LogP contribution in [0.5, 0.6) is 0 Å². The van der Waals surface area contributed by atoms with Crippen LogP contribution >= 0.6 is 0 Å². The standard InChI is InChI=1S/C37H45FN6O5/c1-7-42(21-20-41(5)36(47)49-37(2,3)4)27-13-11-25(12-14-27)28-22-29(33(38)34-30(28)23-31(40-34)35(46)48-6)26-10-8-17-43(24-26)32(45)15-19-44-18-9-16-39-44/h9-14,16,18,22-23,40H,7-8,15,17,19-21,24H2,1-6H3. The van der Waals surface area contributed by atoms with Crippen LogP contribution in [0.1, 0.15) is 56.6 Å². The molecule has 49 heavy (non-hydrogen) atoms. The number of anilines is 1. The predicted octanol–water partition coefficient (Wildman–Crippen LogP) is 6.36. The number of nitrogens with one attached hydrogen (secondary N) is 1. The van der Waals surface area contributed by atoms with Gasteiger partial charge in [0.25, 0.3) is 0 Å². The SMILES string of the molecule is CCN(CCN(C)C(=O)OC(C)(C)C)c1ccc(-c2cc(C3=CCCN(C(=O)CCn4cccn4)C3)c(F)c3[nH]c(C(=O)OC)cc23)cc1. The number of aromatic amines is 1. The number of esters is 1. The van der Waals surface area contributed by atoms with Crippen LogP contribution in [-0.2, 0) is 20.8 Å². The first-order valence-corrected chi connectivity index (χ1v) is 16.6. The second-order valence-corrected chi connectivity index (χ2v) is 13.1. The molecule has 4 aromatic rings. The van der Waals surface area contributed by atoms with Crippen molar-refractivity contribution in [3.05, 3.63) is 78.0 Å². The van der Waals surface area contributed by atoms with Gasteiger partial charge in [-0.05, 0) is 81.1 Å². The Morgan fingerprint density at radius 1 is 1.08 bits per heavy atom. The highest BCUT2D eigenvalue weighted by Crippen LogP contribution is 2.37. The number of likely N-dealkylation sites (N-methyl/N-ethyl adjacent to an activating group) is 2. The minimum Gasteiger partial charge on any atom is -0.464 e. The molecule has 260 valence electrons. The number of aryl methyl sites for hydroxylation is 1. The highest BCUT2D eigenvalue weighted by atomic mass is 19.1. The molecule has 12 heteroatoms. The zero-order chi connectivity index (χ0) is 35.3. The van der Waals surface area contributed by atoms with Crippen molar-refractivity contribution in [1.82, 2.24) is 24.6 Å². The fourth-order valence-corrected chi connectivity index (χ4v) is 5.93. The summed E-state index contributed by atoms with van der Waals surface area (Å²) in [5.41, 5.74) is 3.37. The van der Waals surface area contributed by atoms with Crippen LogP contribution in [0.25, 0.3) is 27.6 Å². The van der Waals surface area contributed by atoms with E-state index < -0.39 is 17.4 Å². The summed E-state index contributed by atoms with van der Waals surface area (Å²) >= 11 is 0. The molecule has 0 saturated carbocycles. The zero-order valence-electron chi connectivity index (χ0n) is 29.1. The Bertz CT molecular complexity index is 1820. The number of rotatable bonds is 11. The van der Waals surface area contributed by atoms with Crippen LogP contribution in [-0.4, -0.2) is 95.0 Å². The Kier molecular flexibility index (Phi) is 10.7. The van der Waals surface area contributed by atoms with E-state index in [1.54, 1.807) is 39.9 Å². The van der Waals surface area contributed by atoms with E-state index in [-0.39, 0.29) is 29.8 Å². The summed E-state index contributed by atoms with van der Waals surface area (Å²) in [7, 11) is 3.00. The first kappa shape index (κ1) is 35.2. The minimum absolute atomic E-state index is 0.0241. The molecule has 2 amide bonds. The lowest BCUT2D eigenvalue weighted by Crippen LogP contribution is -2.39. The minimum atomic E-state index is -0.598. The van der Waals surface area contributed by atoms with Gasteiger partial charge >= 0.3 is 12.1 Å². The molecule has 3 heterocycles. The molecule has 0 aliphatic carbocycles. The Morgan fingerprint density at radius 2 is 1.84 bits per heavy atom. The summed E-state index contributed by atoms with van der Waals surface area (Å²) in [4.78, 5) is 46.5. The van der Waals surface area contributed by atoms with Crippen LogP contribution in [0, 0.1) is 5.82 Å². The van der Waals surface area contributed by atoms with Crippen LogP contribution in [0.15, 0.2) is 60.9 Å². The Hall–Kier alpha value is -5.13. The molecule has 1 N–H and O–H groups in total. The fourth-order valence-electron chi connectivity index (χ4n) is 5.93. The lowest BCUT2D eigenvalue weighted by molar-refractivity contribution is -0.131. The third kappa shape index (κ3) is 8.30. The van der Waals surface area contributed by atoms with Crippen molar-refractivity contribution in [2.24, 2.45) is 0 Å². The number of halogens is 1. The summed E-state index contributed by atoms with van der Waals surface area (Å²) < 4.78 is 28.5. The number of ether oxygens (including phenoxy) is 2. The largest absolute Gasteiger partial charge is 0.464 e. The van der Waals surface area contributed by atoms with Gasteiger partial charge in [0, 0.05) is 81.8 Å². The lowest BCUT2D eigenvalue weighted by atomic mass is 9.93. The number of aromatic nitrogens is 3. The van der Waals surface area contributed by atoms with Crippen molar-refractivity contribution in [1.29, 1.82) is 0 Å². The maximum absolute atomic E-state index is 16.3. The van der Waals surface area contributed by atoms with Gasteiger partial charge in [-0.25, -0.2) is 14.0 Å². The van der Waals surface area contributed by atoms with Gasteiger partial charge in [0.05, 0.1) is 12.6 Å². The average Bonchev–Trinajstić information content (AvgIpc) is 3.78. The molecule has 0 fully saturated rings. The number of hydrogen-bond acceptors (Lipinski definition) is 7. The van der Waals surface area contributed by atoms with Gasteiger partial charge in [-0.2, -0.15) is 5.10 Å². The summed E-state index contributed by atoms with van der Waals surface area (Å²) in [6, 6.07) is 13.2. The molecule has 2 aromatic carbocycles. The topological polar surface area (TPSA) is 113 Å². The average molecular weight is 673 g/mol. The van der Waals surface area contributed by atoms with Crippen LogP contribution in [0.2, 0.25) is 0 Å². The molecule has 0 bridgehead atoms. The number of benzene rings is 2. The third-order valence-electron chi connectivity index (χ3n) is 8.56. The second-order valence-electron chi connectivity index (χ2n) is 13.1. The summed E-state index contributed by atoms with van der Waals surface area (Å²) in [6.07, 6.45) is 5.99. The summed E-state index contributed by atoms with van der Waals surface area (Å²) in [5.74, 6) is -1.11. The predicted molar refractivity (Wildman–Crippen MR) is 188 cm³/mol. The number of nitrogens with zero attached hydrogens (tertiary/aromatic N) is 5. The maximum Gasteiger partial charge on any atom is 0.410 e. The highest BCUT2D eigenvalue weighted by molar-refractivity contribution is 6.03. The van der Waals surface area contributed by atoms with E-state index in [2.05, 4.69) is 21.9 Å². The van der Waals surface area contributed by atoms with E-state index >= 15 is 4.39 Å². The Balaban J connectivity index is 1.41. The molecule has 2 aromatic heterocycles. The number of H-pyrrole nitrogens is 1. The van der Waals surface area contributed by atoms with E-state index in [0.717, 1.165) is 23.4 Å². The normalized spacial score (nSPS) is 13.3. The molecule has 0 unspecified atom stereocenters. The van der Waals surface area contributed by atoms with Crippen LogP contribution < -0.4 is 4.90 Å². The third-order valence-corrected chi connectivity index (χ3v) is 8.56. The van der Waals surface area contributed by atoms with Gasteiger partial charge < -0.3 is 29.2 Å². The monoisotopic (exact) mass is 672 g/mol. The molecule has 0 saturated heterocycles. The number of carbonyl (C=O) groups excluding carboxylic acids is 3. The molecule has 5 rings (SSSR count). The number of fused-ring (bicyclic) bond motifs is 1. The maximum atomic E-state index is 16.3. The molecule has 0 atom stereocenters. The van der Waals surface area contributed by atoms with Gasteiger partial charge in [-0.15, -0.1) is 0 Å². The van der Waals surface area contributed by atoms with E-state index in [4.69, 9.17) is 9.47 Å². The van der Waals surface area contributed by atoms with Gasteiger partial charge in [-0.1, -0.05) is 18.2 Å². The number of carbonyl (C=O) groups is 3. The second kappa shape index (κ2) is 15.0. The van der Waals surface area contributed by atoms with E-state index in [1.165, 1.54) is 7.11 Å². The molecular weight excluding hydrogens is 627 g/mol. The van der Waals surface area contributed by atoms with Gasteiger partial charge in [0.1, 0.15) is 11.3 Å². The molecule has 0 spiro atoms. The van der Waals surface area contributed by atoms with Crippen molar-refractivity contribution >= 4 is 40.1 Å². The van der Waals surface area contributed by atoms with Crippen molar-refractivity contribution < 1.29 is 28.2 Å². The van der Waals surface area contributed by atoms with Crippen molar-refractivity contribution in [2.45, 2.75) is 52.7 Å². The Labute approximate surface area is 286 Å². The zero-order valence-corrected chi connectivity index (χ0v) is 29.1. The lowest BCUT2D eigenvalue weighted by Gasteiger charge is -2.28. The van der Waals surface area contributed by atoms with E-state index in [9.17, 15) is 14.4 Å². The van der Waals surface area contributed by atoms with Crippen molar-refractivity contribution in [3.8, 4) is 11.1 Å². The number of hydrogen-bond donors (Lipinski definition) is 1. The first-order chi connectivity index (χ1) is 23.4. The molecule has 1 aliphatic rings. The molecule has 0 radical (unpaired) electrons. The highest BCUT2D eigenvalue weighted by Gasteiger charge is 2.25. The summed E-state index contributed by atoms with van der Waals surface area (Å²) in [5, 5.41) is 4.72. The fraction of sp³-hybridized carbons (Fsp3) is 0.405. The smallest absolute Gasteiger partial charge is 0.410 e. The number of methoxy groups -OCH3 is 1. The Morgan fingerprint density at radius 3 is 2.49 bits per heavy atom. The summed E-state index contributed by atoms with van der Waals surface area (Å²) in [6.45, 7) is 10.7. The molecule has 11 nitrogen and oxygen atoms in total.